The fourth-order valence-corrected chi connectivity index (χ4v) is 3.30. The normalized spacial score (nSPS) is 12.1. The molecule has 0 unspecified atom stereocenters. The summed E-state index contributed by atoms with van der Waals surface area (Å²) in [6, 6.07) is 1.60. The van der Waals surface area contributed by atoms with Gasteiger partial charge in [-0.15, -0.1) is 11.3 Å². The van der Waals surface area contributed by atoms with E-state index in [4.69, 9.17) is 5.11 Å². The van der Waals surface area contributed by atoms with Gasteiger partial charge < -0.3 is 5.11 Å². The molecule has 0 aliphatic carbocycles. The molecular formula is C11H14N2O4S2. The van der Waals surface area contributed by atoms with Gasteiger partial charge in [0.25, 0.3) is 0 Å². The molecule has 1 N–H and O–H groups in total. The van der Waals surface area contributed by atoms with Crippen LogP contribution >= 0.6 is 11.3 Å². The maximum atomic E-state index is 11.2. The quantitative estimate of drug-likeness (QED) is 0.902. The van der Waals surface area contributed by atoms with Gasteiger partial charge in [-0.25, -0.2) is 13.2 Å². The van der Waals surface area contributed by atoms with E-state index in [9.17, 15) is 13.2 Å². The molecule has 2 aromatic rings. The highest BCUT2D eigenvalue weighted by molar-refractivity contribution is 7.90. The first-order valence-corrected chi connectivity index (χ1v) is 8.59. The molecule has 0 saturated carbocycles. The number of carbonyl (C=O) groups is 1. The summed E-state index contributed by atoms with van der Waals surface area (Å²) in [5.74, 6) is -0.981. The summed E-state index contributed by atoms with van der Waals surface area (Å²) in [4.78, 5) is 11.9. The van der Waals surface area contributed by atoms with E-state index in [2.05, 4.69) is 5.10 Å². The lowest BCUT2D eigenvalue weighted by Crippen LogP contribution is -2.12. The Bertz CT molecular complexity index is 727. The zero-order chi connectivity index (χ0) is 14.2. The maximum Gasteiger partial charge on any atom is 0.345 e. The summed E-state index contributed by atoms with van der Waals surface area (Å²) in [7, 11) is -3.07. The molecule has 0 bridgehead atoms. The third kappa shape index (κ3) is 2.95. The lowest BCUT2D eigenvalue weighted by molar-refractivity contribution is 0.0702. The minimum atomic E-state index is -3.07. The van der Waals surface area contributed by atoms with Gasteiger partial charge >= 0.3 is 5.97 Å². The number of aryl methyl sites for hydroxylation is 2. The molecule has 19 heavy (non-hydrogen) atoms. The standard InChI is InChI=1S/C11H14N2O4S2/c1-3-8-7-6-9(11(14)15)18-10(7)13(12-8)4-5-19(2,16)17/h6H,3-5H2,1-2H3,(H,14,15). The van der Waals surface area contributed by atoms with Gasteiger partial charge in [-0.1, -0.05) is 6.92 Å². The van der Waals surface area contributed by atoms with Crippen molar-refractivity contribution in [3.63, 3.8) is 0 Å². The molecule has 104 valence electrons. The first kappa shape index (κ1) is 14.0. The molecule has 0 saturated heterocycles. The fraction of sp³-hybridized carbons (Fsp3) is 0.455. The Morgan fingerprint density at radius 3 is 2.74 bits per heavy atom. The van der Waals surface area contributed by atoms with E-state index in [-0.39, 0.29) is 17.2 Å². The van der Waals surface area contributed by atoms with Crippen LogP contribution in [0.2, 0.25) is 0 Å². The average Bonchev–Trinajstić information content (AvgIpc) is 2.83. The molecule has 2 heterocycles. The molecule has 0 aliphatic rings. The van der Waals surface area contributed by atoms with E-state index in [1.807, 2.05) is 6.92 Å². The topological polar surface area (TPSA) is 89.3 Å². The number of hydrogen-bond donors (Lipinski definition) is 1. The third-order valence-corrected chi connectivity index (χ3v) is 4.78. The number of fused-ring (bicyclic) bond motifs is 1. The van der Waals surface area contributed by atoms with Gasteiger partial charge in [0, 0.05) is 11.6 Å². The molecule has 0 radical (unpaired) electrons. The van der Waals surface area contributed by atoms with Gasteiger partial charge in [0.2, 0.25) is 0 Å². The second kappa shape index (κ2) is 4.93. The molecule has 2 aromatic heterocycles. The predicted molar refractivity (Wildman–Crippen MR) is 73.7 cm³/mol. The Kier molecular flexibility index (Phi) is 3.64. The van der Waals surface area contributed by atoms with E-state index in [0.717, 1.165) is 27.2 Å². The minimum absolute atomic E-state index is 0.00671. The van der Waals surface area contributed by atoms with Crippen LogP contribution < -0.4 is 0 Å². The zero-order valence-electron chi connectivity index (χ0n) is 10.6. The zero-order valence-corrected chi connectivity index (χ0v) is 12.2. The summed E-state index contributed by atoms with van der Waals surface area (Å²) >= 11 is 1.12. The first-order chi connectivity index (χ1) is 8.81. The Hall–Kier alpha value is -1.41. The molecule has 0 aromatic carbocycles. The van der Waals surface area contributed by atoms with Crippen molar-refractivity contribution >= 4 is 37.4 Å². The van der Waals surface area contributed by atoms with Crippen LogP contribution in [0, 0.1) is 0 Å². The molecular weight excluding hydrogens is 288 g/mol. The van der Waals surface area contributed by atoms with E-state index in [0.29, 0.717) is 6.42 Å². The highest BCUT2D eigenvalue weighted by Crippen LogP contribution is 2.28. The summed E-state index contributed by atoms with van der Waals surface area (Å²) in [6.07, 6.45) is 1.85. The van der Waals surface area contributed by atoms with Crippen molar-refractivity contribution in [2.45, 2.75) is 19.9 Å². The number of aromatic carboxylic acids is 1. The molecule has 2 rings (SSSR count). The van der Waals surface area contributed by atoms with Gasteiger partial charge in [-0.2, -0.15) is 5.10 Å². The van der Waals surface area contributed by atoms with Crippen LogP contribution in [0.4, 0.5) is 0 Å². The summed E-state index contributed by atoms with van der Waals surface area (Å²) in [5, 5.41) is 14.1. The van der Waals surface area contributed by atoms with E-state index in [1.54, 1.807) is 10.7 Å². The number of carboxylic acids is 1. The predicted octanol–water partition coefficient (Wildman–Crippen LogP) is 1.40. The number of carboxylic acid groups (broad SMARTS) is 1. The second-order valence-corrected chi connectivity index (χ2v) is 7.58. The second-order valence-electron chi connectivity index (χ2n) is 4.29. The van der Waals surface area contributed by atoms with Crippen LogP contribution in [0.5, 0.6) is 0 Å². The van der Waals surface area contributed by atoms with Crippen LogP contribution in [0.1, 0.15) is 22.3 Å². The number of thiophene rings is 1. The van der Waals surface area contributed by atoms with Crippen molar-refractivity contribution in [3.8, 4) is 0 Å². The van der Waals surface area contributed by atoms with Gasteiger partial charge in [0.05, 0.1) is 18.0 Å². The van der Waals surface area contributed by atoms with Crippen LogP contribution in [-0.4, -0.2) is 41.3 Å². The molecule has 8 heteroatoms. The number of sulfone groups is 1. The summed E-state index contributed by atoms with van der Waals surface area (Å²) in [6.45, 7) is 2.18. The molecule has 0 aliphatic heterocycles. The molecule has 0 atom stereocenters. The third-order valence-electron chi connectivity index (χ3n) is 2.72. The summed E-state index contributed by atoms with van der Waals surface area (Å²) in [5.41, 5.74) is 0.798. The monoisotopic (exact) mass is 302 g/mol. The average molecular weight is 302 g/mol. The van der Waals surface area contributed by atoms with Crippen molar-refractivity contribution in [3.05, 3.63) is 16.6 Å². The number of aromatic nitrogens is 2. The van der Waals surface area contributed by atoms with E-state index in [1.165, 1.54) is 6.26 Å². The van der Waals surface area contributed by atoms with Gasteiger partial charge in [-0.05, 0) is 12.5 Å². The Balaban J connectivity index is 2.45. The van der Waals surface area contributed by atoms with Crippen LogP contribution in [0.3, 0.4) is 0 Å². The number of rotatable bonds is 5. The van der Waals surface area contributed by atoms with Crippen molar-refractivity contribution in [2.75, 3.05) is 12.0 Å². The van der Waals surface area contributed by atoms with Crippen LogP contribution in [0.15, 0.2) is 6.07 Å². The Morgan fingerprint density at radius 2 is 2.21 bits per heavy atom. The molecule has 0 fully saturated rings. The SMILES string of the molecule is CCc1nn(CCS(C)(=O)=O)c2sc(C(=O)O)cc12. The maximum absolute atomic E-state index is 11.2. The molecule has 0 amide bonds. The molecule has 0 spiro atoms. The van der Waals surface area contributed by atoms with E-state index < -0.39 is 15.8 Å². The number of hydrogen-bond acceptors (Lipinski definition) is 5. The van der Waals surface area contributed by atoms with Gasteiger partial charge in [0.1, 0.15) is 19.5 Å². The smallest absolute Gasteiger partial charge is 0.345 e. The van der Waals surface area contributed by atoms with E-state index >= 15 is 0 Å². The lowest BCUT2D eigenvalue weighted by Gasteiger charge is -2.00. The van der Waals surface area contributed by atoms with Crippen molar-refractivity contribution in [1.82, 2.24) is 9.78 Å². The lowest BCUT2D eigenvalue weighted by atomic mass is 10.2. The Labute approximate surface area is 114 Å². The van der Waals surface area contributed by atoms with Gasteiger partial charge in [0.15, 0.2) is 0 Å². The fourth-order valence-electron chi connectivity index (χ4n) is 1.80. The van der Waals surface area contributed by atoms with Crippen LogP contribution in [-0.2, 0) is 22.8 Å². The number of nitrogens with zero attached hydrogens (tertiary/aromatic N) is 2. The minimum Gasteiger partial charge on any atom is -0.477 e. The van der Waals surface area contributed by atoms with Gasteiger partial charge in [-0.3, -0.25) is 4.68 Å². The Morgan fingerprint density at radius 1 is 1.53 bits per heavy atom. The summed E-state index contributed by atoms with van der Waals surface area (Å²) < 4.78 is 24.0. The first-order valence-electron chi connectivity index (χ1n) is 5.72. The van der Waals surface area contributed by atoms with Crippen molar-refractivity contribution in [1.29, 1.82) is 0 Å². The van der Waals surface area contributed by atoms with Crippen molar-refractivity contribution in [2.24, 2.45) is 0 Å². The highest BCUT2D eigenvalue weighted by atomic mass is 32.2. The van der Waals surface area contributed by atoms with Crippen molar-refractivity contribution < 1.29 is 18.3 Å². The molecule has 6 nitrogen and oxygen atoms in total. The highest BCUT2D eigenvalue weighted by Gasteiger charge is 2.17. The largest absolute Gasteiger partial charge is 0.477 e. The van der Waals surface area contributed by atoms with Crippen LogP contribution in [0.25, 0.3) is 10.2 Å².